The molecule has 2 atom stereocenters. The van der Waals surface area contributed by atoms with E-state index in [1.54, 1.807) is 6.07 Å². The van der Waals surface area contributed by atoms with Gasteiger partial charge in [0.2, 0.25) is 5.82 Å². The molecule has 0 bridgehead atoms. The molecule has 2 aliphatic rings. The Hall–Kier alpha value is -1.58. The summed E-state index contributed by atoms with van der Waals surface area (Å²) in [5.41, 5.74) is 0.883. The maximum absolute atomic E-state index is 14.2. The van der Waals surface area contributed by atoms with Crippen LogP contribution in [0.4, 0.5) is 4.39 Å². The van der Waals surface area contributed by atoms with Gasteiger partial charge in [-0.25, -0.2) is 0 Å². The second kappa shape index (κ2) is 4.26. The Kier molecular flexibility index (Phi) is 2.73. The summed E-state index contributed by atoms with van der Waals surface area (Å²) in [6.07, 6.45) is 1.53. The van der Waals surface area contributed by atoms with Crippen molar-refractivity contribution in [1.82, 2.24) is 0 Å². The Labute approximate surface area is 105 Å². The summed E-state index contributed by atoms with van der Waals surface area (Å²) >= 11 is 0. The van der Waals surface area contributed by atoms with Gasteiger partial charge in [0.1, 0.15) is 11.9 Å². The fraction of sp³-hybridized carbons (Fsp3) is 0.500. The van der Waals surface area contributed by atoms with Crippen molar-refractivity contribution in [2.24, 2.45) is 0 Å². The maximum atomic E-state index is 14.2. The van der Waals surface area contributed by atoms with Gasteiger partial charge in [-0.05, 0) is 19.4 Å². The minimum Gasteiger partial charge on any atom is -0.491 e. The predicted octanol–water partition coefficient (Wildman–Crippen LogP) is 2.82. The smallest absolute Gasteiger partial charge is 0.207 e. The van der Waals surface area contributed by atoms with Crippen LogP contribution in [0.15, 0.2) is 12.1 Å². The van der Waals surface area contributed by atoms with Crippen LogP contribution >= 0.6 is 0 Å². The summed E-state index contributed by atoms with van der Waals surface area (Å²) in [5.74, 6) is 0.431. The zero-order valence-corrected chi connectivity index (χ0v) is 10.2. The zero-order chi connectivity index (χ0) is 12.7. The van der Waals surface area contributed by atoms with Gasteiger partial charge in [0, 0.05) is 24.3 Å². The van der Waals surface area contributed by atoms with Gasteiger partial charge in [0.15, 0.2) is 11.5 Å². The number of rotatable bonds is 2. The summed E-state index contributed by atoms with van der Waals surface area (Å²) in [5, 5.41) is 0. The fourth-order valence-corrected chi connectivity index (χ4v) is 2.83. The average molecular weight is 250 g/mol. The number of fused-ring (bicyclic) bond motifs is 3. The number of benzene rings is 1. The van der Waals surface area contributed by atoms with Crippen LogP contribution in [0, 0.1) is 5.82 Å². The molecule has 0 aromatic heterocycles. The third-order valence-electron chi connectivity index (χ3n) is 3.67. The molecular formula is C14H15FO3. The van der Waals surface area contributed by atoms with Gasteiger partial charge in [0.25, 0.3) is 0 Å². The molecule has 0 N–H and O–H groups in total. The second-order valence-corrected chi connectivity index (χ2v) is 4.77. The van der Waals surface area contributed by atoms with Crippen molar-refractivity contribution in [1.29, 1.82) is 0 Å². The largest absolute Gasteiger partial charge is 0.491 e. The minimum absolute atomic E-state index is 0.155. The van der Waals surface area contributed by atoms with E-state index in [4.69, 9.17) is 9.47 Å². The van der Waals surface area contributed by atoms with Crippen LogP contribution in [0.5, 0.6) is 11.5 Å². The van der Waals surface area contributed by atoms with Gasteiger partial charge in [-0.2, -0.15) is 4.39 Å². The molecular weight excluding hydrogens is 235 g/mol. The van der Waals surface area contributed by atoms with E-state index in [9.17, 15) is 9.18 Å². The zero-order valence-electron chi connectivity index (χ0n) is 10.2. The van der Waals surface area contributed by atoms with Crippen molar-refractivity contribution in [2.45, 2.75) is 38.2 Å². The highest BCUT2D eigenvalue weighted by Gasteiger charge is 2.40. The molecule has 3 rings (SSSR count). The molecule has 0 unspecified atom stereocenters. The average Bonchev–Trinajstić information content (AvgIpc) is 2.71. The first-order valence-corrected chi connectivity index (χ1v) is 6.34. The van der Waals surface area contributed by atoms with Crippen molar-refractivity contribution in [3.8, 4) is 11.5 Å². The molecule has 1 aliphatic carbocycles. The van der Waals surface area contributed by atoms with Crippen LogP contribution in [0.25, 0.3) is 0 Å². The molecule has 0 radical (unpaired) electrons. The van der Waals surface area contributed by atoms with Gasteiger partial charge >= 0.3 is 0 Å². The van der Waals surface area contributed by atoms with Crippen molar-refractivity contribution in [3.63, 3.8) is 0 Å². The SMILES string of the molecule is CCOc1ccc2c(c1F)O[C@@H]1CC(=O)CC[C@@H]21. The molecule has 1 heterocycles. The molecule has 1 aromatic rings. The van der Waals surface area contributed by atoms with E-state index in [2.05, 4.69) is 0 Å². The number of ketones is 1. The summed E-state index contributed by atoms with van der Waals surface area (Å²) in [6, 6.07) is 3.52. The van der Waals surface area contributed by atoms with Gasteiger partial charge in [-0.1, -0.05) is 6.07 Å². The number of halogens is 1. The first-order valence-electron chi connectivity index (χ1n) is 6.34. The minimum atomic E-state index is -0.434. The third kappa shape index (κ3) is 1.67. The van der Waals surface area contributed by atoms with E-state index in [1.807, 2.05) is 13.0 Å². The number of hydrogen-bond donors (Lipinski definition) is 0. The predicted molar refractivity (Wildman–Crippen MR) is 63.6 cm³/mol. The van der Waals surface area contributed by atoms with E-state index in [0.29, 0.717) is 19.4 Å². The summed E-state index contributed by atoms with van der Waals surface area (Å²) in [6.45, 7) is 2.23. The van der Waals surface area contributed by atoms with E-state index in [1.165, 1.54) is 0 Å². The first kappa shape index (κ1) is 11.5. The lowest BCUT2D eigenvalue weighted by atomic mass is 9.83. The Morgan fingerprint density at radius 1 is 1.50 bits per heavy atom. The van der Waals surface area contributed by atoms with Crippen LogP contribution in [0.2, 0.25) is 0 Å². The summed E-state index contributed by atoms with van der Waals surface area (Å²) in [4.78, 5) is 11.4. The van der Waals surface area contributed by atoms with Crippen molar-refractivity contribution in [3.05, 3.63) is 23.5 Å². The monoisotopic (exact) mass is 250 g/mol. The number of carbonyl (C=O) groups excluding carboxylic acids is 1. The molecule has 96 valence electrons. The highest BCUT2D eigenvalue weighted by atomic mass is 19.1. The molecule has 0 spiro atoms. The van der Waals surface area contributed by atoms with Crippen molar-refractivity contribution in [2.75, 3.05) is 6.61 Å². The van der Waals surface area contributed by atoms with E-state index in [-0.39, 0.29) is 29.3 Å². The molecule has 1 aliphatic heterocycles. The number of Topliss-reactive ketones (excluding diaryl/α,β-unsaturated/α-hetero) is 1. The lowest BCUT2D eigenvalue weighted by Crippen LogP contribution is -2.27. The van der Waals surface area contributed by atoms with Gasteiger partial charge < -0.3 is 9.47 Å². The summed E-state index contributed by atoms with van der Waals surface area (Å²) < 4.78 is 25.0. The van der Waals surface area contributed by atoms with Gasteiger partial charge in [-0.3, -0.25) is 4.79 Å². The molecule has 4 heteroatoms. The summed E-state index contributed by atoms with van der Waals surface area (Å²) in [7, 11) is 0. The number of carbonyl (C=O) groups is 1. The number of ether oxygens (including phenoxy) is 2. The van der Waals surface area contributed by atoms with Crippen LogP contribution in [0.3, 0.4) is 0 Å². The van der Waals surface area contributed by atoms with Crippen molar-refractivity contribution < 1.29 is 18.7 Å². The fourth-order valence-electron chi connectivity index (χ4n) is 2.83. The molecule has 1 fully saturated rings. The van der Waals surface area contributed by atoms with Crippen LogP contribution in [-0.2, 0) is 4.79 Å². The number of hydrogen-bond acceptors (Lipinski definition) is 3. The molecule has 18 heavy (non-hydrogen) atoms. The second-order valence-electron chi connectivity index (χ2n) is 4.77. The van der Waals surface area contributed by atoms with E-state index in [0.717, 1.165) is 12.0 Å². The molecule has 1 saturated carbocycles. The topological polar surface area (TPSA) is 35.5 Å². The standard InChI is InChI=1S/C14H15FO3/c1-2-17-11-6-5-10-9-4-3-8(16)7-12(9)18-14(10)13(11)15/h5-6,9,12H,2-4,7H2,1H3/t9-,12+/m0/s1. The Balaban J connectivity index is 1.96. The van der Waals surface area contributed by atoms with Crippen molar-refractivity contribution >= 4 is 5.78 Å². The molecule has 1 aromatic carbocycles. The molecule has 0 amide bonds. The van der Waals surface area contributed by atoms with E-state index < -0.39 is 5.82 Å². The Morgan fingerprint density at radius 3 is 3.11 bits per heavy atom. The Morgan fingerprint density at radius 2 is 2.33 bits per heavy atom. The molecule has 3 nitrogen and oxygen atoms in total. The third-order valence-corrected chi connectivity index (χ3v) is 3.67. The van der Waals surface area contributed by atoms with Crippen LogP contribution in [-0.4, -0.2) is 18.5 Å². The Bertz CT molecular complexity index is 498. The highest BCUT2D eigenvalue weighted by molar-refractivity contribution is 5.80. The van der Waals surface area contributed by atoms with Gasteiger partial charge in [-0.15, -0.1) is 0 Å². The van der Waals surface area contributed by atoms with Crippen LogP contribution < -0.4 is 9.47 Å². The molecule has 0 saturated heterocycles. The first-order chi connectivity index (χ1) is 8.70. The van der Waals surface area contributed by atoms with E-state index >= 15 is 0 Å². The maximum Gasteiger partial charge on any atom is 0.207 e. The van der Waals surface area contributed by atoms with Crippen LogP contribution in [0.1, 0.15) is 37.7 Å². The van der Waals surface area contributed by atoms with Gasteiger partial charge in [0.05, 0.1) is 6.61 Å². The lowest BCUT2D eigenvalue weighted by Gasteiger charge is -2.22. The normalized spacial score (nSPS) is 25.3. The lowest BCUT2D eigenvalue weighted by molar-refractivity contribution is -0.122. The highest BCUT2D eigenvalue weighted by Crippen LogP contribution is 2.47. The quantitative estimate of drug-likeness (QED) is 0.809.